The second kappa shape index (κ2) is 13.2. The van der Waals surface area contributed by atoms with E-state index in [0.29, 0.717) is 5.92 Å². The Morgan fingerprint density at radius 2 is 1.64 bits per heavy atom. The van der Waals surface area contributed by atoms with Crippen molar-refractivity contribution >= 4 is 49.8 Å². The molecule has 0 aliphatic heterocycles. The summed E-state index contributed by atoms with van der Waals surface area (Å²) in [6.07, 6.45) is 6.19. The Balaban J connectivity index is 0.000000582. The molecule has 1 unspecified atom stereocenters. The average molecular weight is 487 g/mol. The Kier molecular flexibility index (Phi) is 10.4. The fourth-order valence-corrected chi connectivity index (χ4v) is 4.52. The monoisotopic (exact) mass is 486 g/mol. The first-order valence-corrected chi connectivity index (χ1v) is 12.1. The molecule has 33 heavy (non-hydrogen) atoms. The fourth-order valence-electron chi connectivity index (χ4n) is 3.63. The number of aromatic nitrogens is 3. The van der Waals surface area contributed by atoms with Gasteiger partial charge in [-0.1, -0.05) is 62.3 Å². The quantitative estimate of drug-likeness (QED) is 0.388. The van der Waals surface area contributed by atoms with Crippen molar-refractivity contribution in [2.24, 2.45) is 5.92 Å². The molecular weight excluding hydrogens is 460 g/mol. The van der Waals surface area contributed by atoms with Crippen LogP contribution in [0.15, 0.2) is 67.0 Å². The normalized spacial score (nSPS) is 11.1. The van der Waals surface area contributed by atoms with Crippen LogP contribution in [0.5, 0.6) is 0 Å². The van der Waals surface area contributed by atoms with Crippen LogP contribution >= 0.6 is 11.3 Å². The summed E-state index contributed by atoms with van der Waals surface area (Å²) in [6, 6.07) is 19.2. The van der Waals surface area contributed by atoms with Gasteiger partial charge in [-0.05, 0) is 41.8 Å². The van der Waals surface area contributed by atoms with Crippen molar-refractivity contribution in [3.05, 3.63) is 72.6 Å². The number of nitrogens with zero attached hydrogens (tertiary/aromatic N) is 3. The molecule has 0 bridgehead atoms. The zero-order valence-corrected chi connectivity index (χ0v) is 20.1. The predicted octanol–water partition coefficient (Wildman–Crippen LogP) is 5.07. The number of hydrogen-bond donors (Lipinski definition) is 1. The Morgan fingerprint density at radius 3 is 2.18 bits per heavy atom. The number of carbonyl (C=O) groups excluding carboxylic acids is 1. The van der Waals surface area contributed by atoms with Crippen LogP contribution in [0.25, 0.3) is 10.2 Å². The Labute approximate surface area is 198 Å². The number of fused-ring (bicyclic) bond motifs is 1. The average Bonchev–Trinajstić information content (AvgIpc) is 3.49. The van der Waals surface area contributed by atoms with Gasteiger partial charge in [-0.3, -0.25) is 4.68 Å². The molecule has 2 aromatic heterocycles. The van der Waals surface area contributed by atoms with E-state index in [1.807, 2.05) is 37.3 Å². The molecule has 174 valence electrons. The minimum atomic E-state index is -3.11. The van der Waals surface area contributed by atoms with E-state index in [4.69, 9.17) is 17.4 Å². The van der Waals surface area contributed by atoms with Gasteiger partial charge in [0.25, 0.3) is 0 Å². The highest BCUT2D eigenvalue weighted by Gasteiger charge is 2.22. The smallest absolute Gasteiger partial charge is 0.332 e. The van der Waals surface area contributed by atoms with E-state index >= 15 is 0 Å². The van der Waals surface area contributed by atoms with E-state index in [1.54, 1.807) is 11.3 Å². The standard InChI is InChI=1S/C22H24N4S.CH2O.O3S/c1-3-16(4-2)21(26-15-7-14-23-26)17-10-12-18(13-11-17)24-22-25-19-8-5-6-9-20(19)27-22;1-2;1-4(2)3/h5-16,21H,3-4H2,1-2H3,(H,24,25);1H2;. The zero-order chi connectivity index (χ0) is 24.2. The highest BCUT2D eigenvalue weighted by Crippen LogP contribution is 2.33. The molecule has 1 atom stereocenters. The highest BCUT2D eigenvalue weighted by molar-refractivity contribution is 7.59. The summed E-state index contributed by atoms with van der Waals surface area (Å²) in [6.45, 7) is 6.52. The van der Waals surface area contributed by atoms with Gasteiger partial charge in [-0.2, -0.15) is 5.10 Å². The molecule has 2 aromatic carbocycles. The van der Waals surface area contributed by atoms with E-state index in [9.17, 15) is 0 Å². The predicted molar refractivity (Wildman–Crippen MR) is 131 cm³/mol. The van der Waals surface area contributed by atoms with Gasteiger partial charge >= 0.3 is 10.6 Å². The molecule has 0 saturated carbocycles. The van der Waals surface area contributed by atoms with Crippen molar-refractivity contribution in [3.63, 3.8) is 0 Å². The maximum absolute atomic E-state index is 8.44. The number of carbonyl (C=O) groups is 1. The van der Waals surface area contributed by atoms with Gasteiger partial charge in [0.05, 0.1) is 16.3 Å². The first-order valence-electron chi connectivity index (χ1n) is 10.3. The first kappa shape index (κ1) is 25.9. The molecule has 0 radical (unpaired) electrons. The first-order chi connectivity index (χ1) is 16.0. The molecular formula is C23H26N4O4S2. The van der Waals surface area contributed by atoms with E-state index in [1.165, 1.54) is 10.3 Å². The van der Waals surface area contributed by atoms with Crippen LogP contribution in [0.2, 0.25) is 0 Å². The third kappa shape index (κ3) is 7.33. The van der Waals surface area contributed by atoms with Gasteiger partial charge in [0.15, 0.2) is 5.13 Å². The second-order valence-corrected chi connectivity index (χ2v) is 8.38. The van der Waals surface area contributed by atoms with Gasteiger partial charge in [0.1, 0.15) is 6.79 Å². The number of nitrogens with one attached hydrogen (secondary N) is 1. The Hall–Kier alpha value is -3.37. The SMILES string of the molecule is C=O.CCC(CC)C(c1ccc(Nc2nc3ccccc3s2)cc1)n1cccn1.O=S(=O)=O. The Bertz CT molecular complexity index is 1180. The lowest BCUT2D eigenvalue weighted by molar-refractivity contribution is -0.0980. The molecule has 1 N–H and O–H groups in total. The van der Waals surface area contributed by atoms with Crippen LogP contribution in [-0.2, 0) is 15.4 Å². The van der Waals surface area contributed by atoms with Crippen molar-refractivity contribution in [3.8, 4) is 0 Å². The summed E-state index contributed by atoms with van der Waals surface area (Å²) in [7, 11) is -3.11. The van der Waals surface area contributed by atoms with Crippen molar-refractivity contribution in [2.45, 2.75) is 32.7 Å². The number of thiazole rings is 1. The molecule has 0 amide bonds. The number of hydrogen-bond acceptors (Lipinski definition) is 8. The van der Waals surface area contributed by atoms with Crippen molar-refractivity contribution in [1.29, 1.82) is 0 Å². The third-order valence-corrected chi connectivity index (χ3v) is 6.05. The molecule has 0 spiro atoms. The lowest BCUT2D eigenvalue weighted by Crippen LogP contribution is -2.20. The number of para-hydroxylation sites is 1. The number of rotatable bonds is 7. The van der Waals surface area contributed by atoms with E-state index < -0.39 is 10.6 Å². The molecule has 4 aromatic rings. The van der Waals surface area contributed by atoms with Gasteiger partial charge in [-0.25, -0.2) is 4.98 Å². The second-order valence-electron chi connectivity index (χ2n) is 6.95. The van der Waals surface area contributed by atoms with Crippen LogP contribution in [-0.4, -0.2) is 34.2 Å². The van der Waals surface area contributed by atoms with Crippen LogP contribution in [0, 0.1) is 5.92 Å². The van der Waals surface area contributed by atoms with Gasteiger partial charge < -0.3 is 10.1 Å². The summed E-state index contributed by atoms with van der Waals surface area (Å²) in [5.74, 6) is 0.563. The van der Waals surface area contributed by atoms with Gasteiger partial charge in [0, 0.05) is 18.1 Å². The highest BCUT2D eigenvalue weighted by atomic mass is 32.2. The summed E-state index contributed by atoms with van der Waals surface area (Å²) in [4.78, 5) is 12.7. The molecule has 0 aliphatic carbocycles. The van der Waals surface area contributed by atoms with Crippen molar-refractivity contribution in [2.75, 3.05) is 5.32 Å². The maximum Gasteiger partial charge on any atom is 0.425 e. The van der Waals surface area contributed by atoms with E-state index in [0.717, 1.165) is 29.2 Å². The molecule has 4 rings (SSSR count). The Morgan fingerprint density at radius 1 is 1.00 bits per heavy atom. The van der Waals surface area contributed by atoms with Crippen molar-refractivity contribution < 1.29 is 17.4 Å². The van der Waals surface area contributed by atoms with E-state index in [-0.39, 0.29) is 6.04 Å². The largest absolute Gasteiger partial charge is 0.425 e. The summed E-state index contributed by atoms with van der Waals surface area (Å²) < 4.78 is 28.6. The molecule has 0 fully saturated rings. The minimum Gasteiger partial charge on any atom is -0.332 e. The van der Waals surface area contributed by atoms with Gasteiger partial charge in [0.2, 0.25) is 0 Å². The van der Waals surface area contributed by atoms with Crippen LogP contribution in [0.1, 0.15) is 38.3 Å². The molecule has 2 heterocycles. The summed E-state index contributed by atoms with van der Waals surface area (Å²) in [5, 5.41) is 8.88. The van der Waals surface area contributed by atoms with Crippen LogP contribution < -0.4 is 5.32 Å². The maximum atomic E-state index is 8.44. The lowest BCUT2D eigenvalue weighted by Gasteiger charge is -2.26. The topological polar surface area (TPSA) is 111 Å². The molecule has 10 heteroatoms. The van der Waals surface area contributed by atoms with Crippen LogP contribution in [0.3, 0.4) is 0 Å². The molecule has 8 nitrogen and oxygen atoms in total. The minimum absolute atomic E-state index is 0.270. The van der Waals surface area contributed by atoms with Crippen LogP contribution in [0.4, 0.5) is 10.8 Å². The number of benzene rings is 2. The molecule has 0 aliphatic rings. The summed E-state index contributed by atoms with van der Waals surface area (Å²) >= 11 is 1.68. The number of anilines is 2. The fraction of sp³-hybridized carbons (Fsp3) is 0.261. The summed E-state index contributed by atoms with van der Waals surface area (Å²) in [5.41, 5.74) is 3.39. The zero-order valence-electron chi connectivity index (χ0n) is 18.4. The van der Waals surface area contributed by atoms with Crippen molar-refractivity contribution in [1.82, 2.24) is 14.8 Å². The lowest BCUT2D eigenvalue weighted by atomic mass is 9.89. The molecule has 0 saturated heterocycles. The third-order valence-electron chi connectivity index (χ3n) is 5.10. The van der Waals surface area contributed by atoms with E-state index in [2.05, 4.69) is 70.5 Å². The van der Waals surface area contributed by atoms with Gasteiger partial charge in [-0.15, -0.1) is 12.6 Å².